The predicted octanol–water partition coefficient (Wildman–Crippen LogP) is 26.7. The van der Waals surface area contributed by atoms with Gasteiger partial charge >= 0.3 is 39.5 Å². The molecule has 3 N–H and O–H groups in total. The minimum atomic E-state index is -4.97. The largest absolute Gasteiger partial charge is 0.472 e. The van der Waals surface area contributed by atoms with Crippen molar-refractivity contribution in [2.75, 3.05) is 39.6 Å². The number of phosphoric ester groups is 2. The third-order valence-electron chi connectivity index (χ3n) is 20.2. The summed E-state index contributed by atoms with van der Waals surface area (Å²) in [6, 6.07) is 0. The van der Waals surface area contributed by atoms with Crippen molar-refractivity contribution >= 4 is 39.5 Å². The number of hydrogen-bond acceptors (Lipinski definition) is 15. The lowest BCUT2D eigenvalue weighted by Crippen LogP contribution is -2.30. The number of esters is 4. The van der Waals surface area contributed by atoms with Crippen LogP contribution in [0.4, 0.5) is 0 Å². The normalized spacial score (nSPS) is 13.9. The molecule has 19 heteroatoms. The van der Waals surface area contributed by atoms with Crippen molar-refractivity contribution < 1.29 is 80.2 Å². The van der Waals surface area contributed by atoms with Crippen molar-refractivity contribution in [3.05, 3.63) is 24.3 Å². The van der Waals surface area contributed by atoms with Gasteiger partial charge in [-0.25, -0.2) is 9.13 Å². The van der Waals surface area contributed by atoms with Gasteiger partial charge in [0.1, 0.15) is 19.3 Å². The smallest absolute Gasteiger partial charge is 0.462 e. The monoisotopic (exact) mass is 1560 g/mol. The van der Waals surface area contributed by atoms with Gasteiger partial charge in [0.25, 0.3) is 0 Å². The molecule has 0 saturated heterocycles. The van der Waals surface area contributed by atoms with Crippen molar-refractivity contribution in [1.82, 2.24) is 0 Å². The molecule has 0 saturated carbocycles. The molecule has 0 rings (SSSR count). The minimum Gasteiger partial charge on any atom is -0.462 e. The molecule has 0 amide bonds. The van der Waals surface area contributed by atoms with E-state index in [9.17, 15) is 43.2 Å². The van der Waals surface area contributed by atoms with E-state index in [-0.39, 0.29) is 25.7 Å². The lowest BCUT2D eigenvalue weighted by molar-refractivity contribution is -0.161. The molecule has 0 aliphatic carbocycles. The number of aliphatic hydroxyl groups is 1. The molecule has 0 radical (unpaired) electrons. The Bertz CT molecular complexity index is 2130. The van der Waals surface area contributed by atoms with E-state index < -0.39 is 97.5 Å². The number of carbonyl (C=O) groups is 4. The van der Waals surface area contributed by atoms with E-state index in [0.717, 1.165) is 109 Å². The van der Waals surface area contributed by atoms with Crippen LogP contribution in [0.1, 0.15) is 452 Å². The Morgan fingerprint density at radius 2 is 0.505 bits per heavy atom. The zero-order valence-corrected chi connectivity index (χ0v) is 71.6. The molecule has 0 heterocycles. The first-order chi connectivity index (χ1) is 52.0. The number of carbonyl (C=O) groups excluding carboxylic acids is 4. The summed E-state index contributed by atoms with van der Waals surface area (Å²) in [6.45, 7) is 7.34. The number of rotatable bonds is 86. The summed E-state index contributed by atoms with van der Waals surface area (Å²) in [4.78, 5) is 73.3. The second-order valence-electron chi connectivity index (χ2n) is 31.4. The average molecular weight is 1560 g/mol. The summed E-state index contributed by atoms with van der Waals surface area (Å²) >= 11 is 0. The number of allylic oxidation sites excluding steroid dienone is 4. The molecule has 107 heavy (non-hydrogen) atoms. The number of aliphatic hydroxyl groups excluding tert-OH is 1. The van der Waals surface area contributed by atoms with Crippen LogP contribution in [0.15, 0.2) is 24.3 Å². The van der Waals surface area contributed by atoms with E-state index in [2.05, 4.69) is 58.9 Å². The van der Waals surface area contributed by atoms with Gasteiger partial charge in [0.05, 0.1) is 26.4 Å². The first kappa shape index (κ1) is 105. The first-order valence-electron chi connectivity index (χ1n) is 45.0. The highest BCUT2D eigenvalue weighted by atomic mass is 31.2. The summed E-state index contributed by atoms with van der Waals surface area (Å²) in [5, 5.41) is 10.7. The molecule has 0 aliphatic heterocycles. The van der Waals surface area contributed by atoms with Gasteiger partial charge in [-0.2, -0.15) is 0 Å². The first-order valence-corrected chi connectivity index (χ1v) is 47.9. The van der Waals surface area contributed by atoms with Gasteiger partial charge in [0.2, 0.25) is 0 Å². The standard InChI is InChI=1S/C88H168O17P2/c1-6-9-12-15-18-21-24-27-29-30-31-32-33-34-38-44-49-54-59-64-69-74-88(93)105-84(78-99-86(91)72-67-62-57-52-47-42-39-35-37-41-45-50-55-60-65-70-81(4)5)80-103-107(96,97)101-76-82(89)75-100-106(94,95)102-79-83(77-98-85(90)71-66-61-56-51-46-40-26-23-20-17-14-11-8-3)104-87(92)73-68-63-58-53-48-43-36-28-25-22-19-16-13-10-7-2/h22,25,28,36,81-84,89H,6-21,23-24,26-27,29-35,37-80H2,1-5H3,(H,94,95)(H,96,97)/b25-22-,36-28-/t82-,83+,84+/m0/s1. The van der Waals surface area contributed by atoms with Gasteiger partial charge in [0, 0.05) is 25.7 Å². The summed E-state index contributed by atoms with van der Waals surface area (Å²) in [7, 11) is -9.94. The molecule has 17 nitrogen and oxygen atoms in total. The van der Waals surface area contributed by atoms with Crippen molar-refractivity contribution in [2.24, 2.45) is 5.92 Å². The summed E-state index contributed by atoms with van der Waals surface area (Å²) in [5.74, 6) is -1.32. The molecule has 632 valence electrons. The summed E-state index contributed by atoms with van der Waals surface area (Å²) in [5.41, 5.74) is 0. The molecule has 5 atom stereocenters. The zero-order chi connectivity index (χ0) is 78.3. The van der Waals surface area contributed by atoms with Crippen LogP contribution in [-0.2, 0) is 65.4 Å². The van der Waals surface area contributed by atoms with Crippen LogP contribution in [0, 0.1) is 5.92 Å². The van der Waals surface area contributed by atoms with Crippen LogP contribution in [0.5, 0.6) is 0 Å². The highest BCUT2D eigenvalue weighted by Crippen LogP contribution is 2.45. The number of hydrogen-bond donors (Lipinski definition) is 3. The van der Waals surface area contributed by atoms with E-state index in [1.54, 1.807) is 0 Å². The van der Waals surface area contributed by atoms with Gasteiger partial charge in [-0.05, 0) is 57.3 Å². The molecular formula is C88H168O17P2. The van der Waals surface area contributed by atoms with Crippen LogP contribution in [0.2, 0.25) is 0 Å². The molecule has 0 aromatic carbocycles. The lowest BCUT2D eigenvalue weighted by Gasteiger charge is -2.21. The molecule has 0 aromatic heterocycles. The fourth-order valence-electron chi connectivity index (χ4n) is 13.3. The van der Waals surface area contributed by atoms with Gasteiger partial charge in [0.15, 0.2) is 12.2 Å². The molecule has 0 aliphatic rings. The Balaban J connectivity index is 5.28. The maximum Gasteiger partial charge on any atom is 0.472 e. The number of unbranched alkanes of at least 4 members (excludes halogenated alkanes) is 55. The van der Waals surface area contributed by atoms with Crippen molar-refractivity contribution in [1.29, 1.82) is 0 Å². The molecule has 2 unspecified atom stereocenters. The van der Waals surface area contributed by atoms with E-state index in [0.29, 0.717) is 25.7 Å². The maximum absolute atomic E-state index is 13.2. The Morgan fingerprint density at radius 1 is 0.290 bits per heavy atom. The Morgan fingerprint density at radius 3 is 0.766 bits per heavy atom. The van der Waals surface area contributed by atoms with E-state index in [1.807, 2.05) is 0 Å². The molecule has 0 fully saturated rings. The van der Waals surface area contributed by atoms with Crippen molar-refractivity contribution in [3.63, 3.8) is 0 Å². The van der Waals surface area contributed by atoms with Crippen LogP contribution >= 0.6 is 15.6 Å². The van der Waals surface area contributed by atoms with Gasteiger partial charge < -0.3 is 33.8 Å². The number of ether oxygens (including phenoxy) is 4. The second-order valence-corrected chi connectivity index (χ2v) is 34.3. The topological polar surface area (TPSA) is 237 Å². The van der Waals surface area contributed by atoms with Gasteiger partial charge in [-0.15, -0.1) is 0 Å². The summed E-state index contributed by atoms with van der Waals surface area (Å²) < 4.78 is 68.9. The predicted molar refractivity (Wildman–Crippen MR) is 441 cm³/mol. The number of phosphoric acid groups is 2. The van der Waals surface area contributed by atoms with Crippen LogP contribution in [0.25, 0.3) is 0 Å². The SMILES string of the molecule is CCCCCC/C=C\C=C/CCCCCCCC(=O)O[C@H](COC(=O)CCCCCCCCCCCCCCC)COP(=O)(O)OC[C@H](O)COP(=O)(O)OC[C@@H](COC(=O)CCCCCCCCCCCCCCCCCC(C)C)OC(=O)CCCCCCCCCCCCCCCCCCCCCCC. The fourth-order valence-corrected chi connectivity index (χ4v) is 14.9. The van der Waals surface area contributed by atoms with Gasteiger partial charge in [-0.1, -0.05) is 399 Å². The van der Waals surface area contributed by atoms with E-state index >= 15 is 0 Å². The summed E-state index contributed by atoms with van der Waals surface area (Å²) in [6.07, 6.45) is 77.1. The highest BCUT2D eigenvalue weighted by molar-refractivity contribution is 7.47. The van der Waals surface area contributed by atoms with Crippen LogP contribution in [0.3, 0.4) is 0 Å². The fraction of sp³-hybridized carbons (Fsp3) is 0.909. The van der Waals surface area contributed by atoms with E-state index in [4.69, 9.17) is 37.0 Å². The molecule has 0 aromatic rings. The highest BCUT2D eigenvalue weighted by Gasteiger charge is 2.30. The second kappa shape index (κ2) is 80.2. The van der Waals surface area contributed by atoms with Crippen molar-refractivity contribution in [2.45, 2.75) is 470 Å². The average Bonchev–Trinajstić information content (AvgIpc) is 1.07. The van der Waals surface area contributed by atoms with Crippen LogP contribution < -0.4 is 0 Å². The lowest BCUT2D eigenvalue weighted by atomic mass is 10.0. The Labute approximate surface area is 656 Å². The minimum absolute atomic E-state index is 0.0860. The van der Waals surface area contributed by atoms with Crippen molar-refractivity contribution in [3.8, 4) is 0 Å². The quantitative estimate of drug-likeness (QED) is 0.0169. The van der Waals surface area contributed by atoms with E-state index in [1.165, 1.54) is 263 Å². The Hall–Kier alpha value is -2.46. The molecule has 0 spiro atoms. The molecule has 0 bridgehead atoms. The zero-order valence-electron chi connectivity index (χ0n) is 69.8. The Kier molecular flexibility index (Phi) is 78.3. The third kappa shape index (κ3) is 81.4. The third-order valence-corrected chi connectivity index (χ3v) is 22.1. The maximum atomic E-state index is 13.2. The van der Waals surface area contributed by atoms with Crippen LogP contribution in [-0.4, -0.2) is 96.7 Å². The molecular weight excluding hydrogens is 1390 g/mol. The van der Waals surface area contributed by atoms with Gasteiger partial charge in [-0.3, -0.25) is 37.3 Å².